The summed E-state index contributed by atoms with van der Waals surface area (Å²) in [6.07, 6.45) is 0. The van der Waals surface area contributed by atoms with Crippen molar-refractivity contribution in [1.82, 2.24) is 15.1 Å². The zero-order valence-corrected chi connectivity index (χ0v) is 14.7. The Balaban J connectivity index is 1.81. The highest BCUT2D eigenvalue weighted by molar-refractivity contribution is 5.86. The molecule has 1 heterocycles. The monoisotopic (exact) mass is 355 g/mol. The summed E-state index contributed by atoms with van der Waals surface area (Å²) in [5.74, 6) is -0.519. The predicted molar refractivity (Wildman–Crippen MR) is 96.9 cm³/mol. The number of carbonyl (C=O) groups excluding carboxylic acids is 2. The minimum Gasteiger partial charge on any atom is -0.353 e. The molecule has 2 amide bonds. The lowest BCUT2D eigenvalue weighted by molar-refractivity contribution is -0.139. The van der Waals surface area contributed by atoms with Crippen LogP contribution in [-0.4, -0.2) is 54.8 Å². The number of nitrogens with one attached hydrogen (secondary N) is 1. The predicted octanol–water partition coefficient (Wildman–Crippen LogP) is 1.81. The summed E-state index contributed by atoms with van der Waals surface area (Å²) >= 11 is 0. The van der Waals surface area contributed by atoms with Crippen molar-refractivity contribution in [3.63, 3.8) is 0 Å². The molecule has 1 saturated heterocycles. The number of likely N-dealkylation sites (N-methyl/N-ethyl adjacent to an activating group) is 1. The number of halogens is 1. The van der Waals surface area contributed by atoms with Crippen LogP contribution < -0.4 is 5.32 Å². The Hall–Kier alpha value is -2.73. The van der Waals surface area contributed by atoms with Crippen molar-refractivity contribution in [2.75, 3.05) is 33.2 Å². The molecule has 0 bridgehead atoms. The molecule has 5 nitrogen and oxygen atoms in total. The molecular formula is C20H22FN3O2. The van der Waals surface area contributed by atoms with Crippen LogP contribution in [0.5, 0.6) is 0 Å². The van der Waals surface area contributed by atoms with Crippen LogP contribution in [0.3, 0.4) is 0 Å². The Labute approximate surface area is 152 Å². The third-order valence-electron chi connectivity index (χ3n) is 4.52. The SMILES string of the molecule is CN(CC(=O)N1CCNC(=O)C1)C(c1ccccc1)c1ccc(F)cc1. The van der Waals surface area contributed by atoms with Gasteiger partial charge in [0.2, 0.25) is 11.8 Å². The molecule has 26 heavy (non-hydrogen) atoms. The number of amides is 2. The van der Waals surface area contributed by atoms with Gasteiger partial charge in [-0.2, -0.15) is 0 Å². The smallest absolute Gasteiger partial charge is 0.239 e. The van der Waals surface area contributed by atoms with E-state index in [1.54, 1.807) is 17.0 Å². The topological polar surface area (TPSA) is 52.7 Å². The van der Waals surface area contributed by atoms with Gasteiger partial charge in [0.1, 0.15) is 5.82 Å². The normalized spacial score (nSPS) is 15.7. The fourth-order valence-corrected chi connectivity index (χ4v) is 3.24. The number of piperazine rings is 1. The maximum Gasteiger partial charge on any atom is 0.239 e. The first-order chi connectivity index (χ1) is 12.5. The minimum atomic E-state index is -0.293. The van der Waals surface area contributed by atoms with Gasteiger partial charge in [-0.3, -0.25) is 14.5 Å². The quantitative estimate of drug-likeness (QED) is 0.890. The number of rotatable bonds is 5. The number of hydrogen-bond acceptors (Lipinski definition) is 3. The summed E-state index contributed by atoms with van der Waals surface area (Å²) in [5.41, 5.74) is 1.93. The van der Waals surface area contributed by atoms with Gasteiger partial charge in [0.15, 0.2) is 0 Å². The number of carbonyl (C=O) groups is 2. The second-order valence-electron chi connectivity index (χ2n) is 6.45. The first kappa shape index (κ1) is 18.1. The van der Waals surface area contributed by atoms with E-state index >= 15 is 0 Å². The molecule has 0 aromatic heterocycles. The van der Waals surface area contributed by atoms with Crippen LogP contribution in [-0.2, 0) is 9.59 Å². The van der Waals surface area contributed by atoms with Crippen molar-refractivity contribution >= 4 is 11.8 Å². The Bertz CT molecular complexity index is 764. The van der Waals surface area contributed by atoms with Crippen molar-refractivity contribution in [3.8, 4) is 0 Å². The van der Waals surface area contributed by atoms with Crippen LogP contribution in [0.4, 0.5) is 4.39 Å². The van der Waals surface area contributed by atoms with Gasteiger partial charge in [-0.05, 0) is 30.3 Å². The average Bonchev–Trinajstić information content (AvgIpc) is 2.64. The molecular weight excluding hydrogens is 333 g/mol. The fourth-order valence-electron chi connectivity index (χ4n) is 3.24. The molecule has 0 aliphatic carbocycles. The van der Waals surface area contributed by atoms with E-state index in [0.717, 1.165) is 11.1 Å². The molecule has 0 radical (unpaired) electrons. The average molecular weight is 355 g/mol. The number of nitrogens with zero attached hydrogens (tertiary/aromatic N) is 2. The Morgan fingerprint density at radius 1 is 1.15 bits per heavy atom. The van der Waals surface area contributed by atoms with Crippen LogP contribution in [0.2, 0.25) is 0 Å². The van der Waals surface area contributed by atoms with Gasteiger partial charge in [0.05, 0.1) is 19.1 Å². The molecule has 2 aromatic carbocycles. The van der Waals surface area contributed by atoms with Crippen molar-refractivity contribution in [2.45, 2.75) is 6.04 Å². The molecule has 3 rings (SSSR count). The van der Waals surface area contributed by atoms with Gasteiger partial charge >= 0.3 is 0 Å². The van der Waals surface area contributed by atoms with Gasteiger partial charge in [0.25, 0.3) is 0 Å². The molecule has 0 saturated carbocycles. The summed E-state index contributed by atoms with van der Waals surface area (Å²) in [6, 6.07) is 15.9. The highest BCUT2D eigenvalue weighted by Gasteiger charge is 2.26. The highest BCUT2D eigenvalue weighted by atomic mass is 19.1. The molecule has 1 aliphatic rings. The maximum atomic E-state index is 13.3. The lowest BCUT2D eigenvalue weighted by Crippen LogP contribution is -2.52. The van der Waals surface area contributed by atoms with E-state index in [1.807, 2.05) is 42.3 Å². The number of hydrogen-bond donors (Lipinski definition) is 1. The van der Waals surface area contributed by atoms with E-state index in [9.17, 15) is 14.0 Å². The third kappa shape index (κ3) is 4.26. The van der Waals surface area contributed by atoms with Gasteiger partial charge < -0.3 is 10.2 Å². The van der Waals surface area contributed by atoms with Gasteiger partial charge in [0, 0.05) is 13.1 Å². The standard InChI is InChI=1S/C20H22FN3O2/c1-23(14-19(26)24-12-11-22-18(25)13-24)20(15-5-3-2-4-6-15)16-7-9-17(21)10-8-16/h2-10,20H,11-14H2,1H3,(H,22,25). The van der Waals surface area contributed by atoms with E-state index in [0.29, 0.717) is 13.1 Å². The van der Waals surface area contributed by atoms with Crippen LogP contribution in [0.1, 0.15) is 17.2 Å². The summed E-state index contributed by atoms with van der Waals surface area (Å²) < 4.78 is 13.3. The highest BCUT2D eigenvalue weighted by Crippen LogP contribution is 2.27. The largest absolute Gasteiger partial charge is 0.353 e. The van der Waals surface area contributed by atoms with Crippen molar-refractivity contribution < 1.29 is 14.0 Å². The van der Waals surface area contributed by atoms with E-state index in [1.165, 1.54) is 12.1 Å². The third-order valence-corrected chi connectivity index (χ3v) is 4.52. The van der Waals surface area contributed by atoms with Crippen molar-refractivity contribution in [1.29, 1.82) is 0 Å². The Morgan fingerprint density at radius 3 is 2.46 bits per heavy atom. The second-order valence-corrected chi connectivity index (χ2v) is 6.45. The Kier molecular flexibility index (Phi) is 5.63. The molecule has 6 heteroatoms. The van der Waals surface area contributed by atoms with Crippen molar-refractivity contribution in [3.05, 3.63) is 71.5 Å². The van der Waals surface area contributed by atoms with E-state index in [4.69, 9.17) is 0 Å². The van der Waals surface area contributed by atoms with Crippen LogP contribution in [0, 0.1) is 5.82 Å². The lowest BCUT2D eigenvalue weighted by Gasteiger charge is -2.32. The van der Waals surface area contributed by atoms with E-state index in [-0.39, 0.29) is 36.8 Å². The molecule has 1 fully saturated rings. The molecule has 2 aromatic rings. The van der Waals surface area contributed by atoms with Crippen LogP contribution >= 0.6 is 0 Å². The minimum absolute atomic E-state index is 0.0922. The second kappa shape index (κ2) is 8.10. The Morgan fingerprint density at radius 2 is 1.81 bits per heavy atom. The van der Waals surface area contributed by atoms with E-state index < -0.39 is 0 Å². The summed E-state index contributed by atoms with van der Waals surface area (Å²) in [4.78, 5) is 27.6. The number of benzene rings is 2. The van der Waals surface area contributed by atoms with E-state index in [2.05, 4.69) is 5.32 Å². The molecule has 1 atom stereocenters. The molecule has 136 valence electrons. The first-order valence-corrected chi connectivity index (χ1v) is 8.59. The van der Waals surface area contributed by atoms with Crippen molar-refractivity contribution in [2.24, 2.45) is 0 Å². The molecule has 1 aliphatic heterocycles. The molecule has 0 spiro atoms. The first-order valence-electron chi connectivity index (χ1n) is 8.59. The molecule has 1 unspecified atom stereocenters. The van der Waals surface area contributed by atoms with Crippen LogP contribution in [0.25, 0.3) is 0 Å². The van der Waals surface area contributed by atoms with Crippen LogP contribution in [0.15, 0.2) is 54.6 Å². The summed E-state index contributed by atoms with van der Waals surface area (Å²) in [5, 5.41) is 2.72. The van der Waals surface area contributed by atoms with Gasteiger partial charge in [-0.25, -0.2) is 4.39 Å². The zero-order chi connectivity index (χ0) is 18.5. The van der Waals surface area contributed by atoms with Gasteiger partial charge in [-0.1, -0.05) is 42.5 Å². The lowest BCUT2D eigenvalue weighted by atomic mass is 9.97. The zero-order valence-electron chi connectivity index (χ0n) is 14.7. The van der Waals surface area contributed by atoms with Gasteiger partial charge in [-0.15, -0.1) is 0 Å². The maximum absolute atomic E-state index is 13.3. The summed E-state index contributed by atoms with van der Waals surface area (Å²) in [6.45, 7) is 1.27. The molecule has 1 N–H and O–H groups in total. The fraction of sp³-hybridized carbons (Fsp3) is 0.300. The summed E-state index contributed by atoms with van der Waals surface area (Å²) in [7, 11) is 1.86.